The monoisotopic (exact) mass is 179 g/mol. The molecule has 1 heterocycles. The van der Waals surface area contributed by atoms with Crippen molar-refractivity contribution in [2.24, 2.45) is 0 Å². The standard InChI is InChI=1S/C7H5N3O3/c1-13-7-6(10(11)12)2-5(3-8)4-9-7/h2,4H,1H3. The summed E-state index contributed by atoms with van der Waals surface area (Å²) >= 11 is 0. The Hall–Kier alpha value is -2.16. The number of nitriles is 1. The summed E-state index contributed by atoms with van der Waals surface area (Å²) in [6.45, 7) is 0. The van der Waals surface area contributed by atoms with Gasteiger partial charge in [0.15, 0.2) is 0 Å². The average Bonchev–Trinajstić information content (AvgIpc) is 2.16. The van der Waals surface area contributed by atoms with Crippen LogP contribution < -0.4 is 4.74 Å². The third-order valence-corrected chi connectivity index (χ3v) is 1.35. The largest absolute Gasteiger partial charge is 0.476 e. The fourth-order valence-corrected chi connectivity index (χ4v) is 0.790. The van der Waals surface area contributed by atoms with E-state index < -0.39 is 4.92 Å². The molecule has 0 aliphatic heterocycles. The van der Waals surface area contributed by atoms with E-state index in [1.54, 1.807) is 6.07 Å². The van der Waals surface area contributed by atoms with E-state index >= 15 is 0 Å². The summed E-state index contributed by atoms with van der Waals surface area (Å²) in [6, 6.07) is 2.87. The highest BCUT2D eigenvalue weighted by atomic mass is 16.6. The van der Waals surface area contributed by atoms with E-state index in [0.29, 0.717) is 0 Å². The molecule has 0 spiro atoms. The summed E-state index contributed by atoms with van der Waals surface area (Å²) in [6.07, 6.45) is 1.21. The molecule has 0 atom stereocenters. The molecule has 6 heteroatoms. The van der Waals surface area contributed by atoms with Crippen molar-refractivity contribution in [3.63, 3.8) is 0 Å². The van der Waals surface area contributed by atoms with E-state index in [1.165, 1.54) is 13.3 Å². The predicted molar refractivity (Wildman–Crippen MR) is 42.2 cm³/mol. The maximum absolute atomic E-state index is 10.4. The van der Waals surface area contributed by atoms with Crippen molar-refractivity contribution in [1.82, 2.24) is 4.98 Å². The Balaban J connectivity index is 3.28. The molecule has 0 N–H and O–H groups in total. The Labute approximate surface area is 73.5 Å². The number of hydrogen-bond acceptors (Lipinski definition) is 5. The van der Waals surface area contributed by atoms with Crippen molar-refractivity contribution in [1.29, 1.82) is 5.26 Å². The first-order chi connectivity index (χ1) is 6.19. The number of aromatic nitrogens is 1. The van der Waals surface area contributed by atoms with Gasteiger partial charge < -0.3 is 4.74 Å². The number of nitro groups is 1. The summed E-state index contributed by atoms with van der Waals surface area (Å²) in [5.41, 5.74) is -0.172. The van der Waals surface area contributed by atoms with Crippen molar-refractivity contribution in [2.45, 2.75) is 0 Å². The molecule has 0 aliphatic carbocycles. The molecule has 0 aliphatic rings. The van der Waals surface area contributed by atoms with Gasteiger partial charge in [-0.1, -0.05) is 0 Å². The molecule has 0 saturated carbocycles. The molecule has 0 unspecified atom stereocenters. The van der Waals surface area contributed by atoms with Gasteiger partial charge >= 0.3 is 5.69 Å². The second-order valence-electron chi connectivity index (χ2n) is 2.12. The molecule has 0 fully saturated rings. The quantitative estimate of drug-likeness (QED) is 0.496. The van der Waals surface area contributed by atoms with Crippen LogP contribution in [-0.2, 0) is 0 Å². The minimum atomic E-state index is -0.646. The molecule has 13 heavy (non-hydrogen) atoms. The Bertz CT molecular complexity index is 383. The van der Waals surface area contributed by atoms with E-state index in [2.05, 4.69) is 9.72 Å². The molecule has 0 aromatic carbocycles. The maximum atomic E-state index is 10.4. The Morgan fingerprint density at radius 3 is 2.92 bits per heavy atom. The van der Waals surface area contributed by atoms with Crippen molar-refractivity contribution in [2.75, 3.05) is 7.11 Å². The van der Waals surface area contributed by atoms with Gasteiger partial charge in [0, 0.05) is 12.3 Å². The zero-order valence-electron chi connectivity index (χ0n) is 6.72. The highest BCUT2D eigenvalue weighted by Crippen LogP contribution is 2.23. The number of nitrogens with zero attached hydrogens (tertiary/aromatic N) is 3. The van der Waals surface area contributed by atoms with Gasteiger partial charge in [-0.3, -0.25) is 10.1 Å². The van der Waals surface area contributed by atoms with Gasteiger partial charge in [0.2, 0.25) is 0 Å². The summed E-state index contributed by atoms with van der Waals surface area (Å²) in [7, 11) is 1.28. The van der Waals surface area contributed by atoms with Crippen LogP contribution in [-0.4, -0.2) is 17.0 Å². The summed E-state index contributed by atoms with van der Waals surface area (Å²) < 4.78 is 4.64. The van der Waals surface area contributed by atoms with Crippen LogP contribution in [0.15, 0.2) is 12.3 Å². The molecule has 0 amide bonds. The molecule has 1 aromatic rings. The molecular formula is C7H5N3O3. The van der Waals surface area contributed by atoms with E-state index in [9.17, 15) is 10.1 Å². The molecular weight excluding hydrogens is 174 g/mol. The fraction of sp³-hybridized carbons (Fsp3) is 0.143. The lowest BCUT2D eigenvalue weighted by Crippen LogP contribution is -1.96. The van der Waals surface area contributed by atoms with Crippen molar-refractivity contribution in [3.8, 4) is 11.9 Å². The summed E-state index contributed by atoms with van der Waals surface area (Å²) in [5.74, 6) is -0.0935. The minimum absolute atomic E-state index is 0.0935. The topological polar surface area (TPSA) is 89.0 Å². The summed E-state index contributed by atoms with van der Waals surface area (Å²) in [4.78, 5) is 13.4. The predicted octanol–water partition coefficient (Wildman–Crippen LogP) is 0.870. The van der Waals surface area contributed by atoms with Crippen LogP contribution in [0.4, 0.5) is 5.69 Å². The third kappa shape index (κ3) is 1.70. The van der Waals surface area contributed by atoms with Gasteiger partial charge in [0.05, 0.1) is 17.6 Å². The molecule has 0 saturated heterocycles. The molecule has 1 rings (SSSR count). The van der Waals surface area contributed by atoms with Gasteiger partial charge in [0.1, 0.15) is 6.07 Å². The first-order valence-corrected chi connectivity index (χ1v) is 3.27. The number of methoxy groups -OCH3 is 1. The number of hydrogen-bond donors (Lipinski definition) is 0. The van der Waals surface area contributed by atoms with Crippen LogP contribution in [0.2, 0.25) is 0 Å². The van der Waals surface area contributed by atoms with Crippen LogP contribution in [0.25, 0.3) is 0 Å². The Kier molecular flexibility index (Phi) is 2.40. The van der Waals surface area contributed by atoms with Gasteiger partial charge in [-0.15, -0.1) is 0 Å². The Morgan fingerprint density at radius 1 is 1.77 bits per heavy atom. The van der Waals surface area contributed by atoms with Crippen LogP contribution in [0.3, 0.4) is 0 Å². The van der Waals surface area contributed by atoms with Crippen LogP contribution in [0.1, 0.15) is 5.56 Å². The molecule has 0 bridgehead atoms. The second-order valence-corrected chi connectivity index (χ2v) is 2.12. The zero-order valence-corrected chi connectivity index (χ0v) is 6.72. The first kappa shape index (κ1) is 8.93. The van der Waals surface area contributed by atoms with Crippen molar-refractivity contribution < 1.29 is 9.66 Å². The number of ether oxygens (including phenoxy) is 1. The van der Waals surface area contributed by atoms with Gasteiger partial charge in [0.25, 0.3) is 5.88 Å². The average molecular weight is 179 g/mol. The number of pyridine rings is 1. The molecule has 6 nitrogen and oxygen atoms in total. The van der Waals surface area contributed by atoms with Gasteiger partial charge in [-0.05, 0) is 0 Å². The van der Waals surface area contributed by atoms with Crippen LogP contribution >= 0.6 is 0 Å². The van der Waals surface area contributed by atoms with E-state index in [4.69, 9.17) is 5.26 Å². The maximum Gasteiger partial charge on any atom is 0.332 e. The molecule has 1 aromatic heterocycles. The molecule has 66 valence electrons. The molecule has 0 radical (unpaired) electrons. The van der Waals surface area contributed by atoms with E-state index in [1.807, 2.05) is 0 Å². The zero-order chi connectivity index (χ0) is 9.84. The van der Waals surface area contributed by atoms with E-state index in [-0.39, 0.29) is 17.1 Å². The smallest absolute Gasteiger partial charge is 0.332 e. The van der Waals surface area contributed by atoms with E-state index in [0.717, 1.165) is 6.07 Å². The first-order valence-electron chi connectivity index (χ1n) is 3.27. The Morgan fingerprint density at radius 2 is 2.46 bits per heavy atom. The lowest BCUT2D eigenvalue weighted by atomic mass is 10.3. The van der Waals surface area contributed by atoms with Crippen molar-refractivity contribution >= 4 is 5.69 Å². The van der Waals surface area contributed by atoms with Gasteiger partial charge in [-0.25, -0.2) is 4.98 Å². The lowest BCUT2D eigenvalue weighted by Gasteiger charge is -1.98. The van der Waals surface area contributed by atoms with Crippen LogP contribution in [0, 0.1) is 21.4 Å². The fourth-order valence-electron chi connectivity index (χ4n) is 0.790. The second kappa shape index (κ2) is 3.49. The summed E-state index contributed by atoms with van der Waals surface area (Å²) in [5, 5.41) is 18.9. The SMILES string of the molecule is COc1ncc(C#N)cc1[N+](=O)[O-]. The third-order valence-electron chi connectivity index (χ3n) is 1.35. The highest BCUT2D eigenvalue weighted by Gasteiger charge is 2.16. The normalized spacial score (nSPS) is 8.92. The van der Waals surface area contributed by atoms with Crippen molar-refractivity contribution in [3.05, 3.63) is 27.9 Å². The lowest BCUT2D eigenvalue weighted by molar-refractivity contribution is -0.386. The highest BCUT2D eigenvalue weighted by molar-refractivity contribution is 5.46. The van der Waals surface area contributed by atoms with Crippen LogP contribution in [0.5, 0.6) is 5.88 Å². The van der Waals surface area contributed by atoms with Gasteiger partial charge in [-0.2, -0.15) is 5.26 Å². The minimum Gasteiger partial charge on any atom is -0.476 e. The number of rotatable bonds is 2.